The maximum absolute atomic E-state index is 12.8. The van der Waals surface area contributed by atoms with Crippen LogP contribution in [-0.2, 0) is 21.9 Å². The first-order valence-electron chi connectivity index (χ1n) is 9.52. The second kappa shape index (κ2) is 8.38. The highest BCUT2D eigenvalue weighted by Gasteiger charge is 2.28. The van der Waals surface area contributed by atoms with Gasteiger partial charge in [-0.25, -0.2) is 8.42 Å². The molecule has 2 heterocycles. The molecule has 2 amide bonds. The monoisotopic (exact) mass is 418 g/mol. The largest absolute Gasteiger partial charge is 0.345 e. The molecule has 0 unspecified atom stereocenters. The minimum Gasteiger partial charge on any atom is -0.345 e. The highest BCUT2D eigenvalue weighted by molar-refractivity contribution is 7.89. The van der Waals surface area contributed by atoms with E-state index in [1.807, 2.05) is 0 Å². The van der Waals surface area contributed by atoms with E-state index in [1.54, 1.807) is 38.4 Å². The van der Waals surface area contributed by atoms with E-state index >= 15 is 0 Å². The highest BCUT2D eigenvalue weighted by atomic mass is 32.2. The first-order chi connectivity index (χ1) is 13.7. The smallest absolute Gasteiger partial charge is 0.272 e. The number of nitrogens with one attached hydrogen (secondary N) is 1. The van der Waals surface area contributed by atoms with Crippen molar-refractivity contribution in [2.75, 3.05) is 30.4 Å². The Labute approximate surface area is 171 Å². The number of piperidine rings is 1. The molecule has 0 atom stereocenters. The van der Waals surface area contributed by atoms with Crippen molar-refractivity contribution in [2.24, 2.45) is 7.05 Å². The summed E-state index contributed by atoms with van der Waals surface area (Å²) in [5.41, 5.74) is 1.52. The van der Waals surface area contributed by atoms with Crippen LogP contribution in [0, 0.1) is 0 Å². The lowest BCUT2D eigenvalue weighted by molar-refractivity contribution is -0.116. The summed E-state index contributed by atoms with van der Waals surface area (Å²) in [5, 5.41) is 2.77. The molecule has 1 saturated heterocycles. The van der Waals surface area contributed by atoms with Gasteiger partial charge in [-0.2, -0.15) is 4.31 Å². The second-order valence-corrected chi connectivity index (χ2v) is 9.15. The fraction of sp³-hybridized carbons (Fsp3) is 0.400. The molecular weight excluding hydrogens is 392 g/mol. The van der Waals surface area contributed by atoms with E-state index in [1.165, 1.54) is 33.0 Å². The van der Waals surface area contributed by atoms with E-state index in [2.05, 4.69) is 5.32 Å². The molecule has 1 fully saturated rings. The first-order valence-corrected chi connectivity index (χ1v) is 11.0. The summed E-state index contributed by atoms with van der Waals surface area (Å²) in [6.45, 7) is 2.50. The molecule has 1 aliphatic rings. The van der Waals surface area contributed by atoms with Crippen molar-refractivity contribution < 1.29 is 18.0 Å². The summed E-state index contributed by atoms with van der Waals surface area (Å²) in [6.07, 6.45) is 4.22. The van der Waals surface area contributed by atoms with Crippen LogP contribution in [0.5, 0.6) is 0 Å². The summed E-state index contributed by atoms with van der Waals surface area (Å²) in [6, 6.07) is 8.27. The lowest BCUT2D eigenvalue weighted by atomic mass is 10.2. The van der Waals surface area contributed by atoms with Gasteiger partial charge in [0.2, 0.25) is 15.9 Å². The number of rotatable bonds is 5. The van der Waals surface area contributed by atoms with Crippen molar-refractivity contribution in [3.05, 3.63) is 42.2 Å². The van der Waals surface area contributed by atoms with Gasteiger partial charge in [0, 0.05) is 51.7 Å². The maximum atomic E-state index is 12.8. The van der Waals surface area contributed by atoms with Gasteiger partial charge < -0.3 is 14.8 Å². The van der Waals surface area contributed by atoms with Gasteiger partial charge in [0.25, 0.3) is 5.91 Å². The third-order valence-electron chi connectivity index (χ3n) is 5.15. The molecule has 29 heavy (non-hydrogen) atoms. The Kier molecular flexibility index (Phi) is 6.09. The number of sulfonamides is 1. The summed E-state index contributed by atoms with van der Waals surface area (Å²) >= 11 is 0. The SMILES string of the molecule is CC(=O)N(C)c1ccc(NC(=O)c2cc(S(=O)(=O)N3CCCCC3)cn2C)cc1. The summed E-state index contributed by atoms with van der Waals surface area (Å²) in [7, 11) is -0.280. The zero-order chi connectivity index (χ0) is 21.2. The van der Waals surface area contributed by atoms with Gasteiger partial charge in [-0.05, 0) is 43.2 Å². The van der Waals surface area contributed by atoms with Gasteiger partial charge in [0.05, 0.1) is 0 Å². The van der Waals surface area contributed by atoms with Crippen LogP contribution in [0.4, 0.5) is 11.4 Å². The Morgan fingerprint density at radius 1 is 1.07 bits per heavy atom. The van der Waals surface area contributed by atoms with E-state index in [0.717, 1.165) is 19.3 Å². The molecule has 1 aromatic carbocycles. The standard InChI is InChI=1S/C20H26N4O4S/c1-15(25)23(3)17-9-7-16(8-10-17)21-20(26)19-13-18(14-22(19)2)29(27,28)24-11-5-4-6-12-24/h7-10,13-14H,4-6,11-12H2,1-3H3,(H,21,26). The van der Waals surface area contributed by atoms with Crippen molar-refractivity contribution in [1.29, 1.82) is 0 Å². The predicted molar refractivity (Wildman–Crippen MR) is 112 cm³/mol. The molecule has 0 aliphatic carbocycles. The van der Waals surface area contributed by atoms with Gasteiger partial charge in [0.15, 0.2) is 0 Å². The zero-order valence-electron chi connectivity index (χ0n) is 16.9. The molecule has 0 radical (unpaired) electrons. The Morgan fingerprint density at radius 3 is 2.28 bits per heavy atom. The molecule has 1 aliphatic heterocycles. The lowest BCUT2D eigenvalue weighted by Gasteiger charge is -2.25. The number of hydrogen-bond acceptors (Lipinski definition) is 4. The molecule has 0 spiro atoms. The number of aryl methyl sites for hydroxylation is 1. The number of anilines is 2. The second-order valence-electron chi connectivity index (χ2n) is 7.22. The Bertz CT molecular complexity index is 1010. The molecule has 0 saturated carbocycles. The first kappa shape index (κ1) is 21.1. The van der Waals surface area contributed by atoms with Gasteiger partial charge in [-0.15, -0.1) is 0 Å². The molecule has 9 heteroatoms. The number of nitrogens with zero attached hydrogens (tertiary/aromatic N) is 3. The quantitative estimate of drug-likeness (QED) is 0.807. The van der Waals surface area contributed by atoms with Crippen molar-refractivity contribution in [3.8, 4) is 0 Å². The number of aromatic nitrogens is 1. The molecule has 156 valence electrons. The van der Waals surface area contributed by atoms with Gasteiger partial charge in [-0.3, -0.25) is 9.59 Å². The third kappa shape index (κ3) is 4.51. The third-order valence-corrected chi connectivity index (χ3v) is 7.01. The van der Waals surface area contributed by atoms with Crippen LogP contribution < -0.4 is 10.2 Å². The predicted octanol–water partition coefficient (Wildman–Crippen LogP) is 2.43. The number of benzene rings is 1. The fourth-order valence-corrected chi connectivity index (χ4v) is 4.89. The molecule has 2 aromatic rings. The van der Waals surface area contributed by atoms with Crippen molar-refractivity contribution in [2.45, 2.75) is 31.1 Å². The lowest BCUT2D eigenvalue weighted by Crippen LogP contribution is -2.35. The van der Waals surface area contributed by atoms with Crippen LogP contribution >= 0.6 is 0 Å². The summed E-state index contributed by atoms with van der Waals surface area (Å²) in [4.78, 5) is 25.7. The molecule has 1 N–H and O–H groups in total. The average Bonchev–Trinajstić information content (AvgIpc) is 3.11. The molecule has 0 bridgehead atoms. The Morgan fingerprint density at radius 2 is 1.69 bits per heavy atom. The number of hydrogen-bond donors (Lipinski definition) is 1. The molecule has 8 nitrogen and oxygen atoms in total. The van der Waals surface area contributed by atoms with Crippen LogP contribution in [0.3, 0.4) is 0 Å². The van der Waals surface area contributed by atoms with Gasteiger partial charge >= 0.3 is 0 Å². The number of carbonyl (C=O) groups is 2. The minimum atomic E-state index is -3.60. The fourth-order valence-electron chi connectivity index (χ4n) is 3.30. The van der Waals surface area contributed by atoms with E-state index < -0.39 is 15.9 Å². The van der Waals surface area contributed by atoms with E-state index in [9.17, 15) is 18.0 Å². The van der Waals surface area contributed by atoms with Crippen LogP contribution in [0.25, 0.3) is 0 Å². The van der Waals surface area contributed by atoms with Crippen LogP contribution in [0.2, 0.25) is 0 Å². The van der Waals surface area contributed by atoms with Crippen LogP contribution in [-0.4, -0.2) is 49.2 Å². The summed E-state index contributed by atoms with van der Waals surface area (Å²) in [5.74, 6) is -0.492. The maximum Gasteiger partial charge on any atom is 0.272 e. The van der Waals surface area contributed by atoms with E-state index in [4.69, 9.17) is 0 Å². The van der Waals surface area contributed by atoms with Crippen molar-refractivity contribution in [3.63, 3.8) is 0 Å². The minimum absolute atomic E-state index is 0.0898. The number of carbonyl (C=O) groups excluding carboxylic acids is 2. The van der Waals surface area contributed by atoms with Crippen molar-refractivity contribution >= 4 is 33.2 Å². The summed E-state index contributed by atoms with van der Waals surface area (Å²) < 4.78 is 28.7. The van der Waals surface area contributed by atoms with E-state index in [0.29, 0.717) is 24.5 Å². The normalized spacial score (nSPS) is 15.1. The van der Waals surface area contributed by atoms with Gasteiger partial charge in [-0.1, -0.05) is 6.42 Å². The zero-order valence-corrected chi connectivity index (χ0v) is 17.7. The van der Waals surface area contributed by atoms with E-state index in [-0.39, 0.29) is 16.5 Å². The topological polar surface area (TPSA) is 91.7 Å². The highest BCUT2D eigenvalue weighted by Crippen LogP contribution is 2.23. The van der Waals surface area contributed by atoms with Crippen LogP contribution in [0.1, 0.15) is 36.7 Å². The molecule has 1 aromatic heterocycles. The van der Waals surface area contributed by atoms with Crippen molar-refractivity contribution in [1.82, 2.24) is 8.87 Å². The van der Waals surface area contributed by atoms with Gasteiger partial charge in [0.1, 0.15) is 10.6 Å². The Balaban J connectivity index is 1.76. The van der Waals surface area contributed by atoms with Crippen LogP contribution in [0.15, 0.2) is 41.4 Å². The molecule has 3 rings (SSSR count). The molecular formula is C20H26N4O4S. The Hall–Kier alpha value is -2.65. The average molecular weight is 419 g/mol. The number of amides is 2.